The number of hydrogen-bond acceptors (Lipinski definition) is 4. The van der Waals surface area contributed by atoms with Crippen LogP contribution in [0.5, 0.6) is 0 Å². The van der Waals surface area contributed by atoms with Crippen molar-refractivity contribution in [3.05, 3.63) is 0 Å². The van der Waals surface area contributed by atoms with E-state index in [4.69, 9.17) is 10.4 Å². The topological polar surface area (TPSA) is 59.3 Å². The Morgan fingerprint density at radius 2 is 2.54 bits per heavy atom. The molecule has 1 rings (SSSR count). The highest BCUT2D eigenvalue weighted by atomic mass is 16.3. The first-order chi connectivity index (χ1) is 6.24. The molecule has 74 valence electrons. The number of nitrogens with zero attached hydrogens (tertiary/aromatic N) is 2. The highest BCUT2D eigenvalue weighted by molar-refractivity contribution is 4.96. The molecule has 0 aromatic heterocycles. The standard InChI is InChI=1S/C9H17N3O/c1-8(13)2-4-12-5-3-11-7-9(12)6-10/h8-9,11,13H,2-5,7H2,1H3. The van der Waals surface area contributed by atoms with E-state index in [9.17, 15) is 0 Å². The lowest BCUT2D eigenvalue weighted by Gasteiger charge is -2.32. The SMILES string of the molecule is CC(O)CCN1CCNCC1C#N. The second-order valence-corrected chi connectivity index (χ2v) is 3.52. The molecule has 2 atom stereocenters. The summed E-state index contributed by atoms with van der Waals surface area (Å²) in [5.74, 6) is 0. The number of aliphatic hydroxyl groups excluding tert-OH is 1. The van der Waals surface area contributed by atoms with Crippen molar-refractivity contribution in [3.8, 4) is 6.07 Å². The summed E-state index contributed by atoms with van der Waals surface area (Å²) in [5, 5.41) is 21.1. The Kier molecular flexibility index (Phi) is 4.16. The van der Waals surface area contributed by atoms with Crippen LogP contribution in [0.4, 0.5) is 0 Å². The van der Waals surface area contributed by atoms with Crippen molar-refractivity contribution in [3.63, 3.8) is 0 Å². The van der Waals surface area contributed by atoms with Crippen LogP contribution in [-0.2, 0) is 0 Å². The summed E-state index contributed by atoms with van der Waals surface area (Å²) in [4.78, 5) is 2.13. The molecule has 0 aromatic carbocycles. The van der Waals surface area contributed by atoms with E-state index in [1.165, 1.54) is 0 Å². The quantitative estimate of drug-likeness (QED) is 0.622. The van der Waals surface area contributed by atoms with Gasteiger partial charge < -0.3 is 10.4 Å². The summed E-state index contributed by atoms with van der Waals surface area (Å²) in [7, 11) is 0. The Balaban J connectivity index is 2.33. The van der Waals surface area contributed by atoms with Gasteiger partial charge in [-0.1, -0.05) is 0 Å². The van der Waals surface area contributed by atoms with Gasteiger partial charge in [0.15, 0.2) is 0 Å². The van der Waals surface area contributed by atoms with Crippen molar-refractivity contribution in [2.45, 2.75) is 25.5 Å². The van der Waals surface area contributed by atoms with Gasteiger partial charge in [-0.15, -0.1) is 0 Å². The average molecular weight is 183 g/mol. The summed E-state index contributed by atoms with van der Waals surface area (Å²) < 4.78 is 0. The molecule has 4 nitrogen and oxygen atoms in total. The van der Waals surface area contributed by atoms with E-state index < -0.39 is 0 Å². The fourth-order valence-electron chi connectivity index (χ4n) is 1.49. The molecule has 0 aromatic rings. The van der Waals surface area contributed by atoms with E-state index in [1.807, 2.05) is 0 Å². The van der Waals surface area contributed by atoms with Crippen molar-refractivity contribution in [1.82, 2.24) is 10.2 Å². The van der Waals surface area contributed by atoms with Crippen LogP contribution >= 0.6 is 0 Å². The van der Waals surface area contributed by atoms with Gasteiger partial charge in [0, 0.05) is 26.2 Å². The van der Waals surface area contributed by atoms with E-state index in [-0.39, 0.29) is 12.1 Å². The van der Waals surface area contributed by atoms with Crippen LogP contribution in [0.15, 0.2) is 0 Å². The van der Waals surface area contributed by atoms with Gasteiger partial charge in [-0.3, -0.25) is 4.90 Å². The normalized spacial score (nSPS) is 26.7. The molecule has 0 bridgehead atoms. The number of nitrogens with one attached hydrogen (secondary N) is 1. The van der Waals surface area contributed by atoms with E-state index >= 15 is 0 Å². The lowest BCUT2D eigenvalue weighted by Crippen LogP contribution is -2.51. The molecule has 0 amide bonds. The minimum Gasteiger partial charge on any atom is -0.393 e. The molecular weight excluding hydrogens is 166 g/mol. The molecule has 1 aliphatic heterocycles. The van der Waals surface area contributed by atoms with Crippen LogP contribution in [0.2, 0.25) is 0 Å². The molecular formula is C9H17N3O. The molecule has 1 heterocycles. The van der Waals surface area contributed by atoms with Gasteiger partial charge in [-0.25, -0.2) is 0 Å². The van der Waals surface area contributed by atoms with E-state index in [1.54, 1.807) is 6.92 Å². The highest BCUT2D eigenvalue weighted by Crippen LogP contribution is 2.04. The monoisotopic (exact) mass is 183 g/mol. The first kappa shape index (κ1) is 10.5. The second-order valence-electron chi connectivity index (χ2n) is 3.52. The van der Waals surface area contributed by atoms with Crippen molar-refractivity contribution in [1.29, 1.82) is 5.26 Å². The molecule has 1 aliphatic rings. The third-order valence-electron chi connectivity index (χ3n) is 2.34. The first-order valence-corrected chi connectivity index (χ1v) is 4.76. The van der Waals surface area contributed by atoms with Crippen molar-refractivity contribution in [2.75, 3.05) is 26.2 Å². The third kappa shape index (κ3) is 3.31. The molecule has 4 heteroatoms. The molecule has 0 spiro atoms. The number of rotatable bonds is 3. The fraction of sp³-hybridized carbons (Fsp3) is 0.889. The van der Waals surface area contributed by atoms with Gasteiger partial charge in [0.1, 0.15) is 6.04 Å². The predicted octanol–water partition coefficient (Wildman–Crippen LogP) is -0.445. The minimum atomic E-state index is -0.269. The lowest BCUT2D eigenvalue weighted by molar-refractivity contribution is 0.135. The Hall–Kier alpha value is -0.630. The smallest absolute Gasteiger partial charge is 0.110 e. The van der Waals surface area contributed by atoms with Gasteiger partial charge in [0.2, 0.25) is 0 Å². The molecule has 1 saturated heterocycles. The molecule has 0 aliphatic carbocycles. The third-order valence-corrected chi connectivity index (χ3v) is 2.34. The van der Waals surface area contributed by atoms with E-state index in [0.717, 1.165) is 32.6 Å². The lowest BCUT2D eigenvalue weighted by atomic mass is 10.2. The van der Waals surface area contributed by atoms with Gasteiger partial charge in [-0.2, -0.15) is 5.26 Å². The van der Waals surface area contributed by atoms with Crippen LogP contribution in [0.1, 0.15) is 13.3 Å². The maximum atomic E-state index is 9.12. The van der Waals surface area contributed by atoms with Crippen LogP contribution in [0.3, 0.4) is 0 Å². The zero-order chi connectivity index (χ0) is 9.68. The molecule has 2 N–H and O–H groups in total. The molecule has 2 unspecified atom stereocenters. The van der Waals surface area contributed by atoms with Gasteiger partial charge in [0.05, 0.1) is 12.2 Å². The van der Waals surface area contributed by atoms with Crippen molar-refractivity contribution >= 4 is 0 Å². The van der Waals surface area contributed by atoms with Crippen LogP contribution in [0, 0.1) is 11.3 Å². The van der Waals surface area contributed by atoms with Gasteiger partial charge in [0.25, 0.3) is 0 Å². The number of hydrogen-bond donors (Lipinski definition) is 2. The predicted molar refractivity (Wildman–Crippen MR) is 50.1 cm³/mol. The average Bonchev–Trinajstić information content (AvgIpc) is 2.15. The Morgan fingerprint density at radius 3 is 3.15 bits per heavy atom. The maximum Gasteiger partial charge on any atom is 0.110 e. The number of piperazine rings is 1. The van der Waals surface area contributed by atoms with Crippen LogP contribution < -0.4 is 5.32 Å². The maximum absolute atomic E-state index is 9.12. The largest absolute Gasteiger partial charge is 0.393 e. The fourth-order valence-corrected chi connectivity index (χ4v) is 1.49. The van der Waals surface area contributed by atoms with E-state index in [2.05, 4.69) is 16.3 Å². The summed E-state index contributed by atoms with van der Waals surface area (Å²) >= 11 is 0. The van der Waals surface area contributed by atoms with Crippen LogP contribution in [-0.4, -0.2) is 48.3 Å². The van der Waals surface area contributed by atoms with Gasteiger partial charge >= 0.3 is 0 Å². The number of aliphatic hydroxyl groups is 1. The summed E-state index contributed by atoms with van der Waals surface area (Å²) in [6, 6.07) is 2.24. The Bertz CT molecular complexity index is 188. The zero-order valence-corrected chi connectivity index (χ0v) is 8.03. The molecule has 1 fully saturated rings. The highest BCUT2D eigenvalue weighted by Gasteiger charge is 2.21. The van der Waals surface area contributed by atoms with Gasteiger partial charge in [-0.05, 0) is 13.3 Å². The second kappa shape index (κ2) is 5.18. The number of nitriles is 1. The van der Waals surface area contributed by atoms with E-state index in [0.29, 0.717) is 0 Å². The summed E-state index contributed by atoms with van der Waals surface area (Å²) in [6.45, 7) is 5.19. The van der Waals surface area contributed by atoms with Crippen molar-refractivity contribution < 1.29 is 5.11 Å². The summed E-state index contributed by atoms with van der Waals surface area (Å²) in [6.07, 6.45) is 0.479. The zero-order valence-electron chi connectivity index (χ0n) is 8.03. The Morgan fingerprint density at radius 1 is 1.77 bits per heavy atom. The minimum absolute atomic E-state index is 0.0208. The Labute approximate surface area is 79.1 Å². The van der Waals surface area contributed by atoms with Crippen LogP contribution in [0.25, 0.3) is 0 Å². The summed E-state index contributed by atoms with van der Waals surface area (Å²) in [5.41, 5.74) is 0. The first-order valence-electron chi connectivity index (χ1n) is 4.76. The van der Waals surface area contributed by atoms with Crippen molar-refractivity contribution in [2.24, 2.45) is 0 Å². The molecule has 13 heavy (non-hydrogen) atoms. The molecule has 0 radical (unpaired) electrons. The molecule has 0 saturated carbocycles.